The Morgan fingerprint density at radius 3 is 2.32 bits per heavy atom. The van der Waals surface area contributed by atoms with Gasteiger partial charge < -0.3 is 19.7 Å². The lowest BCUT2D eigenvalue weighted by Gasteiger charge is -2.25. The number of ether oxygens (including phenoxy) is 2. The summed E-state index contributed by atoms with van der Waals surface area (Å²) in [6.45, 7) is 5.94. The first kappa shape index (κ1) is 25.0. The van der Waals surface area contributed by atoms with E-state index < -0.39 is 30.4 Å². The molecule has 1 N–H and O–H groups in total. The summed E-state index contributed by atoms with van der Waals surface area (Å²) in [5.41, 5.74) is 1.83. The van der Waals surface area contributed by atoms with Crippen molar-refractivity contribution in [3.8, 4) is 0 Å². The predicted octanol–water partition coefficient (Wildman–Crippen LogP) is 3.59. The van der Waals surface area contributed by atoms with Gasteiger partial charge in [0.1, 0.15) is 0 Å². The van der Waals surface area contributed by atoms with Crippen molar-refractivity contribution in [3.63, 3.8) is 0 Å². The van der Waals surface area contributed by atoms with Crippen LogP contribution in [0.5, 0.6) is 0 Å². The van der Waals surface area contributed by atoms with Crippen LogP contribution in [0.25, 0.3) is 0 Å². The number of anilines is 1. The Labute approximate surface area is 199 Å². The molecule has 1 heterocycles. The molecule has 2 amide bonds. The molecule has 0 aromatic heterocycles. The maximum absolute atomic E-state index is 12.4. The van der Waals surface area contributed by atoms with Gasteiger partial charge in [-0.15, -0.1) is 0 Å². The molecular weight excluding hydrogens is 436 g/mol. The minimum absolute atomic E-state index is 0.0615. The highest BCUT2D eigenvalue weighted by molar-refractivity contribution is 5.95. The fourth-order valence-electron chi connectivity index (χ4n) is 3.64. The van der Waals surface area contributed by atoms with Crippen LogP contribution in [0.2, 0.25) is 0 Å². The van der Waals surface area contributed by atoms with Crippen molar-refractivity contribution in [1.82, 2.24) is 4.90 Å². The molecule has 2 atom stereocenters. The molecule has 180 valence electrons. The van der Waals surface area contributed by atoms with Crippen molar-refractivity contribution < 1.29 is 28.7 Å². The van der Waals surface area contributed by atoms with Crippen molar-refractivity contribution in [3.05, 3.63) is 65.7 Å². The molecule has 3 rings (SSSR count). The maximum atomic E-state index is 12.4. The Kier molecular flexibility index (Phi) is 8.40. The van der Waals surface area contributed by atoms with Crippen molar-refractivity contribution in [1.29, 1.82) is 0 Å². The highest BCUT2D eigenvalue weighted by atomic mass is 16.5. The van der Waals surface area contributed by atoms with E-state index in [0.29, 0.717) is 17.9 Å². The van der Waals surface area contributed by atoms with E-state index >= 15 is 0 Å². The third-order valence-electron chi connectivity index (χ3n) is 5.54. The smallest absolute Gasteiger partial charge is 0.338 e. The van der Waals surface area contributed by atoms with Gasteiger partial charge in [-0.3, -0.25) is 14.4 Å². The minimum Gasteiger partial charge on any atom is -0.462 e. The van der Waals surface area contributed by atoms with Crippen LogP contribution >= 0.6 is 0 Å². The van der Waals surface area contributed by atoms with Gasteiger partial charge in [0, 0.05) is 18.7 Å². The standard InChI is InChI=1S/C26H30N2O6/c1-17(2)15-33-25(31)20-9-11-22(12-10-20)27-23(29)16-34-26(32)21-13-24(30)28(14-21)18(3)19-7-5-4-6-8-19/h4-12,17-18,21H,13-16H2,1-3H3,(H,27,29)/t18-,21+/m0/s1. The molecule has 1 fully saturated rings. The van der Waals surface area contributed by atoms with Crippen molar-refractivity contribution >= 4 is 29.4 Å². The monoisotopic (exact) mass is 466 g/mol. The van der Waals surface area contributed by atoms with Crippen LogP contribution in [0.3, 0.4) is 0 Å². The molecule has 1 aliphatic rings. The summed E-state index contributed by atoms with van der Waals surface area (Å²) in [7, 11) is 0. The zero-order valence-electron chi connectivity index (χ0n) is 19.7. The molecule has 8 heteroatoms. The first-order valence-corrected chi connectivity index (χ1v) is 11.3. The fraction of sp³-hybridized carbons (Fsp3) is 0.385. The highest BCUT2D eigenvalue weighted by Gasteiger charge is 2.38. The van der Waals surface area contributed by atoms with Gasteiger partial charge in [-0.2, -0.15) is 0 Å². The second-order valence-electron chi connectivity index (χ2n) is 8.76. The van der Waals surface area contributed by atoms with Crippen molar-refractivity contribution in [2.24, 2.45) is 11.8 Å². The second kappa shape index (κ2) is 11.4. The Balaban J connectivity index is 1.45. The lowest BCUT2D eigenvalue weighted by Crippen LogP contribution is -2.30. The highest BCUT2D eigenvalue weighted by Crippen LogP contribution is 2.29. The van der Waals surface area contributed by atoms with E-state index in [1.165, 1.54) is 0 Å². The number of carbonyl (C=O) groups excluding carboxylic acids is 4. The van der Waals surface area contributed by atoms with E-state index in [-0.39, 0.29) is 30.8 Å². The number of hydrogen-bond acceptors (Lipinski definition) is 6. The van der Waals surface area contributed by atoms with Gasteiger partial charge in [-0.05, 0) is 42.7 Å². The number of likely N-dealkylation sites (tertiary alicyclic amines) is 1. The van der Waals surface area contributed by atoms with E-state index in [1.54, 1.807) is 29.2 Å². The van der Waals surface area contributed by atoms with Crippen LogP contribution in [-0.2, 0) is 23.9 Å². The van der Waals surface area contributed by atoms with Gasteiger partial charge in [0.15, 0.2) is 6.61 Å². The summed E-state index contributed by atoms with van der Waals surface area (Å²) >= 11 is 0. The third-order valence-corrected chi connectivity index (χ3v) is 5.54. The summed E-state index contributed by atoms with van der Waals surface area (Å²) in [5.74, 6) is -2.00. The van der Waals surface area contributed by atoms with Crippen molar-refractivity contribution in [2.45, 2.75) is 33.2 Å². The Morgan fingerprint density at radius 1 is 1.00 bits per heavy atom. The normalized spacial score (nSPS) is 16.3. The summed E-state index contributed by atoms with van der Waals surface area (Å²) in [5, 5.41) is 2.62. The zero-order valence-corrected chi connectivity index (χ0v) is 19.7. The third kappa shape index (κ3) is 6.66. The van der Waals surface area contributed by atoms with Gasteiger partial charge in [0.05, 0.1) is 24.1 Å². The van der Waals surface area contributed by atoms with E-state index in [1.807, 2.05) is 51.1 Å². The lowest BCUT2D eigenvalue weighted by molar-refractivity contribution is -0.151. The van der Waals surface area contributed by atoms with Crippen LogP contribution in [0, 0.1) is 11.8 Å². The largest absolute Gasteiger partial charge is 0.462 e. The SMILES string of the molecule is CC(C)COC(=O)c1ccc(NC(=O)COC(=O)[C@@H]2CC(=O)N([C@@H](C)c3ccccc3)C2)cc1. The van der Waals surface area contributed by atoms with Gasteiger partial charge in [0.25, 0.3) is 5.91 Å². The average molecular weight is 467 g/mol. The van der Waals surface area contributed by atoms with Crippen LogP contribution < -0.4 is 5.32 Å². The molecule has 34 heavy (non-hydrogen) atoms. The summed E-state index contributed by atoms with van der Waals surface area (Å²) in [4.78, 5) is 50.7. The van der Waals surface area contributed by atoms with Gasteiger partial charge in [-0.25, -0.2) is 4.79 Å². The van der Waals surface area contributed by atoms with E-state index in [2.05, 4.69) is 5.32 Å². The summed E-state index contributed by atoms with van der Waals surface area (Å²) in [6.07, 6.45) is 0.0615. The predicted molar refractivity (Wildman–Crippen MR) is 126 cm³/mol. The number of nitrogens with one attached hydrogen (secondary N) is 1. The van der Waals surface area contributed by atoms with E-state index in [9.17, 15) is 19.2 Å². The second-order valence-corrected chi connectivity index (χ2v) is 8.76. The van der Waals surface area contributed by atoms with Gasteiger partial charge >= 0.3 is 11.9 Å². The number of nitrogens with zero attached hydrogens (tertiary/aromatic N) is 1. The van der Waals surface area contributed by atoms with Crippen LogP contribution in [0.15, 0.2) is 54.6 Å². The topological polar surface area (TPSA) is 102 Å². The van der Waals surface area contributed by atoms with Crippen LogP contribution in [0.4, 0.5) is 5.69 Å². The van der Waals surface area contributed by atoms with Gasteiger partial charge in [-0.1, -0.05) is 44.2 Å². The number of esters is 2. The van der Waals surface area contributed by atoms with Crippen LogP contribution in [-0.4, -0.2) is 48.4 Å². The molecule has 0 saturated carbocycles. The average Bonchev–Trinajstić information content (AvgIpc) is 3.23. The maximum Gasteiger partial charge on any atom is 0.338 e. The number of amides is 2. The molecule has 0 unspecified atom stereocenters. The summed E-state index contributed by atoms with van der Waals surface area (Å²) < 4.78 is 10.3. The van der Waals surface area contributed by atoms with E-state index in [0.717, 1.165) is 5.56 Å². The Hall–Kier alpha value is -3.68. The lowest BCUT2D eigenvalue weighted by atomic mass is 10.1. The minimum atomic E-state index is -0.609. The molecular formula is C26H30N2O6. The summed E-state index contributed by atoms with van der Waals surface area (Å²) in [6, 6.07) is 15.7. The molecule has 1 aliphatic heterocycles. The zero-order chi connectivity index (χ0) is 24.7. The molecule has 8 nitrogen and oxygen atoms in total. The fourth-order valence-corrected chi connectivity index (χ4v) is 3.64. The molecule has 0 aliphatic carbocycles. The number of benzene rings is 2. The Bertz CT molecular complexity index is 1020. The van der Waals surface area contributed by atoms with Crippen LogP contribution in [0.1, 0.15) is 49.2 Å². The number of hydrogen-bond donors (Lipinski definition) is 1. The Morgan fingerprint density at radius 2 is 1.68 bits per heavy atom. The molecule has 0 spiro atoms. The number of rotatable bonds is 9. The number of carbonyl (C=O) groups is 4. The molecule has 0 bridgehead atoms. The first-order chi connectivity index (χ1) is 16.2. The molecule has 1 saturated heterocycles. The molecule has 0 radical (unpaired) electrons. The van der Waals surface area contributed by atoms with Crippen molar-refractivity contribution in [2.75, 3.05) is 25.1 Å². The van der Waals surface area contributed by atoms with E-state index in [4.69, 9.17) is 9.47 Å². The molecule has 2 aromatic rings. The van der Waals surface area contributed by atoms with Gasteiger partial charge in [0.2, 0.25) is 5.91 Å². The quantitative estimate of drug-likeness (QED) is 0.567. The first-order valence-electron chi connectivity index (χ1n) is 11.3. The molecule has 2 aromatic carbocycles.